The quantitative estimate of drug-likeness (QED) is 0.737. The Labute approximate surface area is 101 Å². The average Bonchev–Trinajstić information content (AvgIpc) is 2.79. The molecule has 0 spiro atoms. The van der Waals surface area contributed by atoms with Gasteiger partial charge >= 0.3 is 0 Å². The monoisotopic (exact) mass is 228 g/mol. The molecule has 17 heavy (non-hydrogen) atoms. The van der Waals surface area contributed by atoms with Gasteiger partial charge in [0.15, 0.2) is 5.78 Å². The van der Waals surface area contributed by atoms with Crippen molar-refractivity contribution in [2.75, 3.05) is 0 Å². The number of hydrogen-bond donors (Lipinski definition) is 0. The molecular weight excluding hydrogens is 212 g/mol. The Bertz CT molecular complexity index is 488. The van der Waals surface area contributed by atoms with Crippen LogP contribution < -0.4 is 0 Å². The summed E-state index contributed by atoms with van der Waals surface area (Å²) in [6.07, 6.45) is 5.51. The summed E-state index contributed by atoms with van der Waals surface area (Å²) in [7, 11) is 0. The van der Waals surface area contributed by atoms with Gasteiger partial charge in [-0.25, -0.2) is 0 Å². The fraction of sp³-hybridized carbons (Fsp3) is 0.286. The molecule has 1 heterocycles. The van der Waals surface area contributed by atoms with E-state index in [9.17, 15) is 4.79 Å². The molecule has 0 aliphatic carbocycles. The van der Waals surface area contributed by atoms with Gasteiger partial charge in [0.1, 0.15) is 0 Å². The van der Waals surface area contributed by atoms with E-state index in [2.05, 4.69) is 29.4 Å². The van der Waals surface area contributed by atoms with E-state index in [4.69, 9.17) is 0 Å². The number of ketones is 1. The maximum absolute atomic E-state index is 11.1. The zero-order valence-corrected chi connectivity index (χ0v) is 9.97. The van der Waals surface area contributed by atoms with E-state index in [1.54, 1.807) is 13.1 Å². The van der Waals surface area contributed by atoms with E-state index < -0.39 is 0 Å². The van der Waals surface area contributed by atoms with E-state index >= 15 is 0 Å². The van der Waals surface area contributed by atoms with Crippen LogP contribution in [0.25, 0.3) is 0 Å². The van der Waals surface area contributed by atoms with Gasteiger partial charge in [0, 0.05) is 12.7 Å². The minimum atomic E-state index is 0.0688. The topological polar surface area (TPSA) is 34.9 Å². The number of carbonyl (C=O) groups is 1. The third kappa shape index (κ3) is 3.28. The van der Waals surface area contributed by atoms with Gasteiger partial charge in [0.05, 0.1) is 11.8 Å². The minimum absolute atomic E-state index is 0.0688. The van der Waals surface area contributed by atoms with Crippen molar-refractivity contribution in [1.82, 2.24) is 9.78 Å². The minimum Gasteiger partial charge on any atom is -0.294 e. The number of rotatable bonds is 5. The lowest BCUT2D eigenvalue weighted by atomic mass is 10.1. The zero-order chi connectivity index (χ0) is 12.1. The fourth-order valence-electron chi connectivity index (χ4n) is 1.76. The predicted molar refractivity (Wildman–Crippen MR) is 67.0 cm³/mol. The molecule has 0 bridgehead atoms. The molecule has 0 fully saturated rings. The summed E-state index contributed by atoms with van der Waals surface area (Å²) >= 11 is 0. The lowest BCUT2D eigenvalue weighted by Gasteiger charge is -2.01. The van der Waals surface area contributed by atoms with Gasteiger partial charge in [-0.3, -0.25) is 9.48 Å². The first-order valence-electron chi connectivity index (χ1n) is 5.83. The third-order valence-corrected chi connectivity index (χ3v) is 2.74. The molecule has 0 atom stereocenters. The molecule has 0 aliphatic heterocycles. The first kappa shape index (κ1) is 11.6. The molecule has 1 aromatic carbocycles. The summed E-state index contributed by atoms with van der Waals surface area (Å²) in [5.74, 6) is 0.0688. The number of aryl methyl sites for hydroxylation is 2. The van der Waals surface area contributed by atoms with Crippen LogP contribution in [0.2, 0.25) is 0 Å². The number of Topliss-reactive ketones (excluding diaryl/α,β-unsaturated/α-hetero) is 1. The highest BCUT2D eigenvalue weighted by Crippen LogP contribution is 2.05. The summed E-state index contributed by atoms with van der Waals surface area (Å²) in [4.78, 5) is 11.1. The van der Waals surface area contributed by atoms with Crippen molar-refractivity contribution < 1.29 is 4.79 Å². The van der Waals surface area contributed by atoms with Gasteiger partial charge in [0.25, 0.3) is 0 Å². The fourth-order valence-corrected chi connectivity index (χ4v) is 1.76. The van der Waals surface area contributed by atoms with Crippen LogP contribution in [0, 0.1) is 0 Å². The van der Waals surface area contributed by atoms with E-state index in [0.29, 0.717) is 5.56 Å². The van der Waals surface area contributed by atoms with Crippen LogP contribution >= 0.6 is 0 Å². The van der Waals surface area contributed by atoms with Crippen molar-refractivity contribution in [3.63, 3.8) is 0 Å². The standard InChI is InChI=1S/C14H16N2O/c1-12(17)14-10-15-16(11-14)9-5-8-13-6-3-2-4-7-13/h2-4,6-7,10-11H,5,8-9H2,1H3. The Hall–Kier alpha value is -1.90. The highest BCUT2D eigenvalue weighted by molar-refractivity contribution is 5.93. The van der Waals surface area contributed by atoms with E-state index in [1.165, 1.54) is 5.56 Å². The molecule has 2 rings (SSSR count). The molecule has 0 amide bonds. The lowest BCUT2D eigenvalue weighted by molar-refractivity contribution is 0.101. The van der Waals surface area contributed by atoms with Crippen LogP contribution in [0.15, 0.2) is 42.7 Å². The van der Waals surface area contributed by atoms with Gasteiger partial charge in [-0.2, -0.15) is 5.10 Å². The Morgan fingerprint density at radius 1 is 1.29 bits per heavy atom. The Kier molecular flexibility index (Phi) is 3.70. The third-order valence-electron chi connectivity index (χ3n) is 2.74. The molecule has 0 saturated heterocycles. The molecule has 0 radical (unpaired) electrons. The summed E-state index contributed by atoms with van der Waals surface area (Å²) in [5.41, 5.74) is 2.02. The molecule has 1 aromatic heterocycles. The van der Waals surface area contributed by atoms with Crippen LogP contribution in [0.1, 0.15) is 29.3 Å². The molecule has 0 aliphatic rings. The summed E-state index contributed by atoms with van der Waals surface area (Å²) in [6.45, 7) is 2.41. The number of hydrogen-bond acceptors (Lipinski definition) is 2. The zero-order valence-electron chi connectivity index (χ0n) is 9.97. The van der Waals surface area contributed by atoms with Crippen molar-refractivity contribution >= 4 is 5.78 Å². The van der Waals surface area contributed by atoms with Crippen molar-refractivity contribution in [2.24, 2.45) is 0 Å². The van der Waals surface area contributed by atoms with E-state index in [0.717, 1.165) is 19.4 Å². The van der Waals surface area contributed by atoms with Gasteiger partial charge in [-0.1, -0.05) is 30.3 Å². The Morgan fingerprint density at radius 3 is 2.71 bits per heavy atom. The van der Waals surface area contributed by atoms with Crippen molar-refractivity contribution in [2.45, 2.75) is 26.3 Å². The Balaban J connectivity index is 1.84. The van der Waals surface area contributed by atoms with Gasteiger partial charge in [0.2, 0.25) is 0 Å². The van der Waals surface area contributed by atoms with Crippen LogP contribution in [-0.2, 0) is 13.0 Å². The van der Waals surface area contributed by atoms with E-state index in [1.807, 2.05) is 16.9 Å². The second-order valence-electron chi connectivity index (χ2n) is 4.14. The molecule has 88 valence electrons. The highest BCUT2D eigenvalue weighted by atomic mass is 16.1. The average molecular weight is 228 g/mol. The Morgan fingerprint density at radius 2 is 2.06 bits per heavy atom. The van der Waals surface area contributed by atoms with Gasteiger partial charge in [-0.15, -0.1) is 0 Å². The predicted octanol–water partition coefficient (Wildman–Crippen LogP) is 2.72. The molecule has 3 nitrogen and oxygen atoms in total. The second kappa shape index (κ2) is 5.43. The second-order valence-corrected chi connectivity index (χ2v) is 4.14. The summed E-state index contributed by atoms with van der Waals surface area (Å²) < 4.78 is 1.83. The number of benzene rings is 1. The molecule has 2 aromatic rings. The van der Waals surface area contributed by atoms with Gasteiger partial charge in [-0.05, 0) is 25.3 Å². The van der Waals surface area contributed by atoms with Crippen molar-refractivity contribution in [3.8, 4) is 0 Å². The number of aromatic nitrogens is 2. The number of carbonyl (C=O) groups excluding carboxylic acids is 1. The first-order valence-corrected chi connectivity index (χ1v) is 5.83. The molecule has 0 unspecified atom stereocenters. The normalized spacial score (nSPS) is 10.4. The first-order chi connectivity index (χ1) is 8.25. The number of nitrogens with zero attached hydrogens (tertiary/aromatic N) is 2. The highest BCUT2D eigenvalue weighted by Gasteiger charge is 2.02. The van der Waals surface area contributed by atoms with Crippen LogP contribution in [0.5, 0.6) is 0 Å². The van der Waals surface area contributed by atoms with E-state index in [-0.39, 0.29) is 5.78 Å². The maximum atomic E-state index is 11.1. The smallest absolute Gasteiger partial charge is 0.162 e. The largest absolute Gasteiger partial charge is 0.294 e. The maximum Gasteiger partial charge on any atom is 0.162 e. The SMILES string of the molecule is CC(=O)c1cnn(CCCc2ccccc2)c1. The van der Waals surface area contributed by atoms with Crippen LogP contribution in [0.4, 0.5) is 0 Å². The van der Waals surface area contributed by atoms with Crippen LogP contribution in [-0.4, -0.2) is 15.6 Å². The lowest BCUT2D eigenvalue weighted by Crippen LogP contribution is -2.00. The van der Waals surface area contributed by atoms with Crippen molar-refractivity contribution in [1.29, 1.82) is 0 Å². The molecule has 0 saturated carbocycles. The van der Waals surface area contributed by atoms with Gasteiger partial charge < -0.3 is 0 Å². The van der Waals surface area contributed by atoms with Crippen LogP contribution in [0.3, 0.4) is 0 Å². The van der Waals surface area contributed by atoms with Crippen molar-refractivity contribution in [3.05, 3.63) is 53.9 Å². The molecule has 0 N–H and O–H groups in total. The summed E-state index contributed by atoms with van der Waals surface area (Å²) in [5, 5.41) is 4.16. The molecule has 3 heteroatoms. The summed E-state index contributed by atoms with van der Waals surface area (Å²) in [6, 6.07) is 10.4. The molecular formula is C14H16N2O.